The first kappa shape index (κ1) is 21.4. The molecule has 0 saturated carbocycles. The van der Waals surface area contributed by atoms with Crippen molar-refractivity contribution in [1.29, 1.82) is 0 Å². The number of ketones is 1. The van der Waals surface area contributed by atoms with Crippen LogP contribution in [0.25, 0.3) is 0 Å². The molecule has 1 aliphatic rings. The van der Waals surface area contributed by atoms with Gasteiger partial charge in [0.15, 0.2) is 23.6 Å². The Balaban J connectivity index is 1.98. The van der Waals surface area contributed by atoms with Crippen molar-refractivity contribution in [3.63, 3.8) is 0 Å². The van der Waals surface area contributed by atoms with E-state index in [4.69, 9.17) is 24.1 Å². The maximum absolute atomic E-state index is 12.3. The van der Waals surface area contributed by atoms with E-state index in [0.717, 1.165) is 0 Å². The van der Waals surface area contributed by atoms with E-state index in [-0.39, 0.29) is 41.6 Å². The number of phenolic OH excluding ortho intramolecular Hbond substituents is 1. The number of benzene rings is 1. The highest BCUT2D eigenvalue weighted by Gasteiger charge is 2.43. The molecule has 2 rings (SSSR count). The maximum atomic E-state index is 12.3. The van der Waals surface area contributed by atoms with Crippen LogP contribution in [-0.4, -0.2) is 89.5 Å². The Morgan fingerprint density at radius 2 is 1.67 bits per heavy atom. The van der Waals surface area contributed by atoms with E-state index in [9.17, 15) is 25.2 Å². The molecule has 5 unspecified atom stereocenters. The SMILES string of the molecule is COc1cc(C(=O)CCOC2OC(CO)C(O)C(O)C2O)cc(OC)c1O. The van der Waals surface area contributed by atoms with Gasteiger partial charge in [-0.3, -0.25) is 4.79 Å². The predicted molar refractivity (Wildman–Crippen MR) is 89.9 cm³/mol. The molecule has 0 spiro atoms. The maximum Gasteiger partial charge on any atom is 0.200 e. The largest absolute Gasteiger partial charge is 0.502 e. The molecule has 152 valence electrons. The van der Waals surface area contributed by atoms with E-state index in [1.807, 2.05) is 0 Å². The van der Waals surface area contributed by atoms with Crippen LogP contribution in [0.3, 0.4) is 0 Å². The Hall–Kier alpha value is -1.95. The molecule has 5 atom stereocenters. The van der Waals surface area contributed by atoms with Gasteiger partial charge in [0, 0.05) is 12.0 Å². The second kappa shape index (κ2) is 9.31. The molecule has 1 heterocycles. The zero-order valence-electron chi connectivity index (χ0n) is 14.9. The van der Waals surface area contributed by atoms with Crippen LogP contribution in [0, 0.1) is 0 Å². The average Bonchev–Trinajstić information content (AvgIpc) is 2.67. The first-order valence-corrected chi connectivity index (χ1v) is 8.24. The molecule has 0 radical (unpaired) electrons. The number of hydrogen-bond acceptors (Lipinski definition) is 10. The summed E-state index contributed by atoms with van der Waals surface area (Å²) in [4.78, 5) is 12.3. The number of carbonyl (C=O) groups is 1. The molecule has 0 aliphatic carbocycles. The van der Waals surface area contributed by atoms with Crippen molar-refractivity contribution in [2.24, 2.45) is 0 Å². The van der Waals surface area contributed by atoms with Gasteiger partial charge in [-0.05, 0) is 12.1 Å². The quantitative estimate of drug-likeness (QED) is 0.343. The van der Waals surface area contributed by atoms with Crippen molar-refractivity contribution in [3.05, 3.63) is 17.7 Å². The van der Waals surface area contributed by atoms with Gasteiger partial charge in [-0.1, -0.05) is 0 Å². The Morgan fingerprint density at radius 3 is 2.19 bits per heavy atom. The Labute approximate surface area is 155 Å². The van der Waals surface area contributed by atoms with Gasteiger partial charge in [-0.2, -0.15) is 0 Å². The molecule has 10 nitrogen and oxygen atoms in total. The first-order chi connectivity index (χ1) is 12.8. The number of carbonyl (C=O) groups excluding carboxylic acids is 1. The van der Waals surface area contributed by atoms with Crippen LogP contribution < -0.4 is 9.47 Å². The topological polar surface area (TPSA) is 155 Å². The van der Waals surface area contributed by atoms with E-state index in [1.54, 1.807) is 0 Å². The van der Waals surface area contributed by atoms with Crippen LogP contribution >= 0.6 is 0 Å². The lowest BCUT2D eigenvalue weighted by molar-refractivity contribution is -0.300. The summed E-state index contributed by atoms with van der Waals surface area (Å²) in [5.74, 6) is -0.426. The van der Waals surface area contributed by atoms with E-state index >= 15 is 0 Å². The van der Waals surface area contributed by atoms with Crippen molar-refractivity contribution < 1.29 is 49.3 Å². The number of ether oxygens (including phenoxy) is 4. The number of Topliss-reactive ketones (excluding diaryl/α,β-unsaturated/α-hetero) is 1. The summed E-state index contributed by atoms with van der Waals surface area (Å²) < 4.78 is 20.5. The normalized spacial score (nSPS) is 28.0. The Bertz CT molecular complexity index is 622. The number of phenols is 1. The lowest BCUT2D eigenvalue weighted by atomic mass is 9.99. The Kier molecular flexibility index (Phi) is 7.36. The zero-order valence-corrected chi connectivity index (χ0v) is 14.9. The van der Waals surface area contributed by atoms with Crippen molar-refractivity contribution in [3.8, 4) is 17.2 Å². The van der Waals surface area contributed by atoms with Crippen LogP contribution in [-0.2, 0) is 9.47 Å². The molecule has 0 amide bonds. The summed E-state index contributed by atoms with van der Waals surface area (Å²) in [7, 11) is 2.68. The highest BCUT2D eigenvalue weighted by molar-refractivity contribution is 5.97. The third-order valence-corrected chi connectivity index (χ3v) is 4.26. The molecule has 27 heavy (non-hydrogen) atoms. The predicted octanol–water partition coefficient (Wildman–Crippen LogP) is -1.20. The summed E-state index contributed by atoms with van der Waals surface area (Å²) in [6, 6.07) is 2.71. The number of rotatable bonds is 8. The van der Waals surface area contributed by atoms with Crippen molar-refractivity contribution in [2.45, 2.75) is 37.1 Å². The number of aromatic hydroxyl groups is 1. The van der Waals surface area contributed by atoms with Crippen LogP contribution in [0.15, 0.2) is 12.1 Å². The van der Waals surface area contributed by atoms with E-state index in [2.05, 4.69) is 0 Å². The molecule has 1 aromatic rings. The summed E-state index contributed by atoms with van der Waals surface area (Å²) in [6.45, 7) is -0.732. The molecule has 1 fully saturated rings. The molecular formula is C17H24O10. The molecular weight excluding hydrogens is 364 g/mol. The number of hydrogen-bond donors (Lipinski definition) is 5. The van der Waals surface area contributed by atoms with Gasteiger partial charge in [-0.25, -0.2) is 0 Å². The van der Waals surface area contributed by atoms with Gasteiger partial charge in [0.25, 0.3) is 0 Å². The van der Waals surface area contributed by atoms with Gasteiger partial charge in [-0.15, -0.1) is 0 Å². The Morgan fingerprint density at radius 1 is 1.07 bits per heavy atom. The summed E-state index contributed by atoms with van der Waals surface area (Å²) in [5, 5.41) is 48.3. The van der Waals surface area contributed by atoms with Crippen LogP contribution in [0.2, 0.25) is 0 Å². The fourth-order valence-corrected chi connectivity index (χ4v) is 2.67. The second-order valence-electron chi connectivity index (χ2n) is 5.97. The van der Waals surface area contributed by atoms with Crippen LogP contribution in [0.4, 0.5) is 0 Å². The number of methoxy groups -OCH3 is 2. The summed E-state index contributed by atoms with van der Waals surface area (Å²) in [6.07, 6.45) is -7.07. The minimum Gasteiger partial charge on any atom is -0.502 e. The lowest BCUT2D eigenvalue weighted by Gasteiger charge is -2.39. The van der Waals surface area contributed by atoms with Gasteiger partial charge in [0.2, 0.25) is 5.75 Å². The van der Waals surface area contributed by atoms with E-state index < -0.39 is 37.3 Å². The van der Waals surface area contributed by atoms with Crippen molar-refractivity contribution in [1.82, 2.24) is 0 Å². The number of aliphatic hydroxyl groups excluding tert-OH is 4. The third kappa shape index (κ3) is 4.67. The smallest absolute Gasteiger partial charge is 0.200 e. The molecule has 5 N–H and O–H groups in total. The highest BCUT2D eigenvalue weighted by Crippen LogP contribution is 2.37. The highest BCUT2D eigenvalue weighted by atomic mass is 16.7. The zero-order chi connectivity index (χ0) is 20.1. The van der Waals surface area contributed by atoms with Crippen LogP contribution in [0.1, 0.15) is 16.8 Å². The van der Waals surface area contributed by atoms with Gasteiger partial charge < -0.3 is 44.5 Å². The minimum atomic E-state index is -1.55. The molecule has 0 aromatic heterocycles. The second-order valence-corrected chi connectivity index (χ2v) is 5.97. The fraction of sp³-hybridized carbons (Fsp3) is 0.588. The van der Waals surface area contributed by atoms with Gasteiger partial charge in [0.05, 0.1) is 27.4 Å². The molecule has 10 heteroatoms. The molecule has 1 saturated heterocycles. The molecule has 0 bridgehead atoms. The van der Waals surface area contributed by atoms with E-state index in [1.165, 1.54) is 26.4 Å². The minimum absolute atomic E-state index is 0.0764. The molecule has 1 aromatic carbocycles. The first-order valence-electron chi connectivity index (χ1n) is 8.24. The molecule has 1 aliphatic heterocycles. The van der Waals surface area contributed by atoms with E-state index in [0.29, 0.717) is 0 Å². The van der Waals surface area contributed by atoms with Crippen molar-refractivity contribution in [2.75, 3.05) is 27.4 Å². The summed E-state index contributed by atoms with van der Waals surface area (Å²) >= 11 is 0. The summed E-state index contributed by atoms with van der Waals surface area (Å²) in [5.41, 5.74) is 0.221. The monoisotopic (exact) mass is 388 g/mol. The average molecular weight is 388 g/mol. The van der Waals surface area contributed by atoms with Gasteiger partial charge >= 0.3 is 0 Å². The van der Waals surface area contributed by atoms with Gasteiger partial charge in [0.1, 0.15) is 24.4 Å². The number of aliphatic hydroxyl groups is 4. The van der Waals surface area contributed by atoms with Crippen molar-refractivity contribution >= 4 is 5.78 Å². The third-order valence-electron chi connectivity index (χ3n) is 4.26. The van der Waals surface area contributed by atoms with Crippen LogP contribution in [0.5, 0.6) is 17.2 Å². The lowest BCUT2D eigenvalue weighted by Crippen LogP contribution is -2.59. The fourth-order valence-electron chi connectivity index (χ4n) is 2.67. The standard InChI is InChI=1S/C17H24O10/c1-24-10-5-8(6-11(25-2)13(10)20)9(19)3-4-26-17-16(23)15(22)14(21)12(7-18)27-17/h5-6,12,14-18,20-23H,3-4,7H2,1-2H3.